The number of hydrogen-bond donors (Lipinski definition) is 3. The van der Waals surface area contributed by atoms with Gasteiger partial charge < -0.3 is 10.6 Å². The van der Waals surface area contributed by atoms with Gasteiger partial charge in [-0.25, -0.2) is 9.78 Å². The van der Waals surface area contributed by atoms with E-state index in [-0.39, 0.29) is 12.3 Å². The molecule has 8 heteroatoms. The van der Waals surface area contributed by atoms with Gasteiger partial charge in [-0.2, -0.15) is 0 Å². The second-order valence-electron chi connectivity index (χ2n) is 6.00. The molecule has 144 valence electrons. The predicted octanol–water partition coefficient (Wildman–Crippen LogP) is 4.34. The van der Waals surface area contributed by atoms with Crippen molar-refractivity contribution in [2.24, 2.45) is 0 Å². The molecule has 2 aromatic carbocycles. The monoisotopic (exact) mass is 414 g/mol. The van der Waals surface area contributed by atoms with Crippen molar-refractivity contribution >= 4 is 45.7 Å². The molecule has 0 radical (unpaired) electrons. The van der Waals surface area contributed by atoms with E-state index in [2.05, 4.69) is 20.9 Å². The van der Waals surface area contributed by atoms with Gasteiger partial charge in [-0.15, -0.1) is 11.3 Å². The van der Waals surface area contributed by atoms with Crippen LogP contribution < -0.4 is 16.0 Å². The summed E-state index contributed by atoms with van der Waals surface area (Å²) in [7, 11) is 0. The Hall–Kier alpha value is -2.90. The van der Waals surface area contributed by atoms with Crippen LogP contribution in [0.15, 0.2) is 60.0 Å². The van der Waals surface area contributed by atoms with Gasteiger partial charge in [0.15, 0.2) is 5.13 Å². The van der Waals surface area contributed by atoms with Crippen molar-refractivity contribution in [2.75, 3.05) is 17.2 Å². The summed E-state index contributed by atoms with van der Waals surface area (Å²) in [6.45, 7) is 0.570. The van der Waals surface area contributed by atoms with Crippen molar-refractivity contribution in [3.63, 3.8) is 0 Å². The fourth-order valence-electron chi connectivity index (χ4n) is 2.49. The molecule has 0 aliphatic heterocycles. The Bertz CT molecular complexity index is 946. The summed E-state index contributed by atoms with van der Waals surface area (Å²) in [5.74, 6) is -0.101. The van der Waals surface area contributed by atoms with Crippen LogP contribution in [0.5, 0.6) is 0 Å². The topological polar surface area (TPSA) is 83.1 Å². The van der Waals surface area contributed by atoms with Gasteiger partial charge in [0.2, 0.25) is 5.91 Å². The number of thiazole rings is 1. The summed E-state index contributed by atoms with van der Waals surface area (Å²) < 4.78 is 0. The van der Waals surface area contributed by atoms with E-state index in [0.29, 0.717) is 28.1 Å². The molecule has 28 heavy (non-hydrogen) atoms. The largest absolute Gasteiger partial charge is 0.355 e. The number of carbonyl (C=O) groups is 2. The number of aromatic nitrogens is 1. The quantitative estimate of drug-likeness (QED) is 0.537. The highest BCUT2D eigenvalue weighted by atomic mass is 35.5. The smallest absolute Gasteiger partial charge is 0.325 e. The van der Waals surface area contributed by atoms with Crippen molar-refractivity contribution in [3.8, 4) is 0 Å². The molecule has 0 saturated heterocycles. The molecule has 0 spiro atoms. The van der Waals surface area contributed by atoms with Gasteiger partial charge in [-0.3, -0.25) is 10.1 Å². The maximum absolute atomic E-state index is 12.0. The van der Waals surface area contributed by atoms with Gasteiger partial charge in [0.25, 0.3) is 0 Å². The number of hydrogen-bond acceptors (Lipinski definition) is 4. The number of benzene rings is 2. The molecule has 3 N–H and O–H groups in total. The van der Waals surface area contributed by atoms with Crippen molar-refractivity contribution in [2.45, 2.75) is 12.8 Å². The molecule has 0 unspecified atom stereocenters. The first kappa shape index (κ1) is 19.9. The van der Waals surface area contributed by atoms with Crippen molar-refractivity contribution in [1.29, 1.82) is 0 Å². The van der Waals surface area contributed by atoms with Gasteiger partial charge in [0.1, 0.15) is 0 Å². The van der Waals surface area contributed by atoms with Gasteiger partial charge >= 0.3 is 6.03 Å². The van der Waals surface area contributed by atoms with E-state index in [4.69, 9.17) is 11.6 Å². The fourth-order valence-corrected chi connectivity index (χ4v) is 3.38. The number of anilines is 2. The molecule has 0 saturated carbocycles. The number of nitrogens with zero attached hydrogens (tertiary/aromatic N) is 1. The molecular weight excluding hydrogens is 396 g/mol. The average molecular weight is 415 g/mol. The maximum Gasteiger partial charge on any atom is 0.325 e. The molecule has 0 bridgehead atoms. The molecule has 0 fully saturated rings. The van der Waals surface area contributed by atoms with Gasteiger partial charge in [-0.05, 0) is 30.2 Å². The van der Waals surface area contributed by atoms with E-state index >= 15 is 0 Å². The first-order valence-electron chi connectivity index (χ1n) is 8.67. The zero-order valence-electron chi connectivity index (χ0n) is 14.9. The SMILES string of the molecule is O=C(Cc1csc(NC(=O)Nc2cccc(Cl)c2)n1)NCCc1ccccc1. The van der Waals surface area contributed by atoms with Crippen LogP contribution in [0.2, 0.25) is 5.02 Å². The van der Waals surface area contributed by atoms with Crippen LogP contribution in [-0.4, -0.2) is 23.5 Å². The minimum absolute atomic E-state index is 0.101. The minimum atomic E-state index is -0.421. The summed E-state index contributed by atoms with van der Waals surface area (Å²) in [5.41, 5.74) is 2.37. The van der Waals surface area contributed by atoms with Gasteiger partial charge in [0.05, 0.1) is 12.1 Å². The van der Waals surface area contributed by atoms with Crippen molar-refractivity contribution in [3.05, 3.63) is 76.3 Å². The minimum Gasteiger partial charge on any atom is -0.355 e. The highest BCUT2D eigenvalue weighted by Crippen LogP contribution is 2.18. The highest BCUT2D eigenvalue weighted by molar-refractivity contribution is 7.14. The lowest BCUT2D eigenvalue weighted by atomic mass is 10.1. The van der Waals surface area contributed by atoms with Crippen LogP contribution in [0, 0.1) is 0 Å². The summed E-state index contributed by atoms with van der Waals surface area (Å²) in [4.78, 5) is 28.3. The van der Waals surface area contributed by atoms with E-state index in [0.717, 1.165) is 6.42 Å². The Labute approximate surface area is 172 Å². The third-order valence-electron chi connectivity index (χ3n) is 3.78. The van der Waals surface area contributed by atoms with Gasteiger partial charge in [0, 0.05) is 22.6 Å². The lowest BCUT2D eigenvalue weighted by Crippen LogP contribution is -2.27. The zero-order chi connectivity index (χ0) is 19.8. The predicted molar refractivity (Wildman–Crippen MR) is 113 cm³/mol. The van der Waals surface area contributed by atoms with Crippen molar-refractivity contribution < 1.29 is 9.59 Å². The van der Waals surface area contributed by atoms with Crippen LogP contribution in [0.1, 0.15) is 11.3 Å². The second-order valence-corrected chi connectivity index (χ2v) is 7.29. The molecule has 3 amide bonds. The Morgan fingerprint density at radius 2 is 1.86 bits per heavy atom. The molecule has 3 rings (SSSR count). The summed E-state index contributed by atoms with van der Waals surface area (Å²) in [5, 5.41) is 10.9. The molecular formula is C20H19ClN4O2S. The van der Waals surface area contributed by atoms with Crippen LogP contribution in [0.4, 0.5) is 15.6 Å². The Kier molecular flexibility index (Phi) is 7.00. The molecule has 0 atom stereocenters. The van der Waals surface area contributed by atoms with Crippen LogP contribution >= 0.6 is 22.9 Å². The Balaban J connectivity index is 1.43. The number of carbonyl (C=O) groups excluding carboxylic acids is 2. The lowest BCUT2D eigenvalue weighted by molar-refractivity contribution is -0.120. The summed E-state index contributed by atoms with van der Waals surface area (Å²) in [6.07, 6.45) is 0.947. The Morgan fingerprint density at radius 3 is 2.64 bits per heavy atom. The molecule has 6 nitrogen and oxygen atoms in total. The van der Waals surface area contributed by atoms with E-state index < -0.39 is 6.03 Å². The van der Waals surface area contributed by atoms with Crippen molar-refractivity contribution in [1.82, 2.24) is 10.3 Å². The molecule has 1 aromatic heterocycles. The molecule has 3 aromatic rings. The average Bonchev–Trinajstić information content (AvgIpc) is 3.09. The highest BCUT2D eigenvalue weighted by Gasteiger charge is 2.10. The molecule has 1 heterocycles. The fraction of sp³-hybridized carbons (Fsp3) is 0.150. The van der Waals surface area contributed by atoms with E-state index in [1.54, 1.807) is 29.6 Å². The number of halogens is 1. The van der Waals surface area contributed by atoms with Crippen LogP contribution in [0.25, 0.3) is 0 Å². The van der Waals surface area contributed by atoms with E-state index in [9.17, 15) is 9.59 Å². The summed E-state index contributed by atoms with van der Waals surface area (Å²) in [6, 6.07) is 16.4. The first-order chi connectivity index (χ1) is 13.6. The summed E-state index contributed by atoms with van der Waals surface area (Å²) >= 11 is 7.16. The first-order valence-corrected chi connectivity index (χ1v) is 9.93. The molecule has 0 aliphatic carbocycles. The van der Waals surface area contributed by atoms with Crippen LogP contribution in [0.3, 0.4) is 0 Å². The number of urea groups is 1. The number of nitrogens with one attached hydrogen (secondary N) is 3. The third-order valence-corrected chi connectivity index (χ3v) is 4.82. The molecule has 0 aliphatic rings. The lowest BCUT2D eigenvalue weighted by Gasteiger charge is -2.05. The Morgan fingerprint density at radius 1 is 1.04 bits per heavy atom. The maximum atomic E-state index is 12.0. The van der Waals surface area contributed by atoms with E-state index in [1.807, 2.05) is 30.3 Å². The van der Waals surface area contributed by atoms with Gasteiger partial charge in [-0.1, -0.05) is 48.0 Å². The van der Waals surface area contributed by atoms with E-state index in [1.165, 1.54) is 16.9 Å². The zero-order valence-corrected chi connectivity index (χ0v) is 16.5. The normalized spacial score (nSPS) is 10.3. The number of amides is 3. The number of rotatable bonds is 7. The third kappa shape index (κ3) is 6.37. The van der Waals surface area contributed by atoms with Crippen LogP contribution in [-0.2, 0) is 17.6 Å². The second kappa shape index (κ2) is 9.87. The standard InChI is InChI=1S/C20H19ClN4O2S/c21-15-7-4-8-16(11-15)23-19(27)25-20-24-17(13-28-20)12-18(26)22-10-9-14-5-2-1-3-6-14/h1-8,11,13H,9-10,12H2,(H,22,26)(H2,23,24,25,27).